The van der Waals surface area contributed by atoms with E-state index in [1.54, 1.807) is 36.4 Å². The van der Waals surface area contributed by atoms with Crippen molar-refractivity contribution in [3.8, 4) is 11.5 Å². The van der Waals surface area contributed by atoms with Crippen LogP contribution < -0.4 is 19.0 Å². The topological polar surface area (TPSA) is 128 Å². The van der Waals surface area contributed by atoms with Crippen molar-refractivity contribution in [3.05, 3.63) is 114 Å². The molecule has 0 unspecified atom stereocenters. The third-order valence-corrected chi connectivity index (χ3v) is 7.78. The Morgan fingerprint density at radius 1 is 0.667 bits per heavy atom. The summed E-state index contributed by atoms with van der Waals surface area (Å²) in [5.41, 5.74) is 3.07. The van der Waals surface area contributed by atoms with Crippen LogP contribution in [0.4, 0.5) is 16.2 Å². The molecule has 2 amide bonds. The van der Waals surface area contributed by atoms with Gasteiger partial charge in [0.05, 0.1) is 0 Å². The molecule has 0 aromatic heterocycles. The number of aryl methyl sites for hydroxylation is 2. The van der Waals surface area contributed by atoms with Crippen LogP contribution in [0.5, 0.6) is 11.5 Å². The Kier molecular flexibility index (Phi) is 8.22. The van der Waals surface area contributed by atoms with Crippen LogP contribution in [0, 0.1) is 13.8 Å². The van der Waals surface area contributed by atoms with Gasteiger partial charge in [0.1, 0.15) is 22.1 Å². The van der Waals surface area contributed by atoms with E-state index in [1.165, 1.54) is 48.5 Å². The van der Waals surface area contributed by atoms with Gasteiger partial charge in [0.15, 0.2) is 0 Å². The Morgan fingerprint density at radius 3 is 1.69 bits per heavy atom. The standard InChI is InChI=1S/C28H26N2O7S2/c1-20-9-13-22(14-10-20)19-38(32,33)36-25-7-3-5-23(17-25)29-28(31)30-24-6-4-8-26(18-24)37-39(34,35)27-15-11-21(2)12-16-27/h3-18H,19H2,1-2H3,(H2,29,30,31). The number of anilines is 2. The number of hydrogen-bond acceptors (Lipinski definition) is 7. The Bertz CT molecular complexity index is 1680. The molecule has 9 nitrogen and oxygen atoms in total. The lowest BCUT2D eigenvalue weighted by molar-refractivity contribution is 0.262. The predicted molar refractivity (Wildman–Crippen MR) is 149 cm³/mol. The van der Waals surface area contributed by atoms with E-state index in [2.05, 4.69) is 10.6 Å². The quantitative estimate of drug-likeness (QED) is 0.252. The number of carbonyl (C=O) groups excluding carboxylic acids is 1. The molecular formula is C28H26N2O7S2. The molecule has 0 saturated carbocycles. The van der Waals surface area contributed by atoms with Gasteiger partial charge in [-0.2, -0.15) is 16.8 Å². The van der Waals surface area contributed by atoms with Crippen LogP contribution in [-0.4, -0.2) is 22.9 Å². The van der Waals surface area contributed by atoms with Crippen LogP contribution in [0.15, 0.2) is 102 Å². The molecule has 0 aliphatic rings. The monoisotopic (exact) mass is 566 g/mol. The van der Waals surface area contributed by atoms with E-state index in [9.17, 15) is 21.6 Å². The molecule has 202 valence electrons. The number of hydrogen-bond donors (Lipinski definition) is 2. The van der Waals surface area contributed by atoms with Gasteiger partial charge >= 0.3 is 26.3 Å². The third kappa shape index (κ3) is 8.06. The molecule has 0 spiro atoms. The third-order valence-electron chi connectivity index (χ3n) is 5.39. The Hall–Kier alpha value is -4.35. The van der Waals surface area contributed by atoms with Gasteiger partial charge < -0.3 is 19.0 Å². The molecule has 0 bridgehead atoms. The molecule has 0 fully saturated rings. The van der Waals surface area contributed by atoms with Crippen molar-refractivity contribution < 1.29 is 30.0 Å². The summed E-state index contributed by atoms with van der Waals surface area (Å²) in [6.07, 6.45) is 0. The minimum atomic E-state index is -4.06. The minimum absolute atomic E-state index is 0.00665. The fourth-order valence-corrected chi connectivity index (χ4v) is 5.47. The number of benzene rings is 4. The van der Waals surface area contributed by atoms with E-state index in [4.69, 9.17) is 8.37 Å². The van der Waals surface area contributed by atoms with Gasteiger partial charge in [0.2, 0.25) is 0 Å². The number of urea groups is 1. The van der Waals surface area contributed by atoms with Crippen molar-refractivity contribution >= 4 is 37.6 Å². The normalized spacial score (nSPS) is 11.4. The van der Waals surface area contributed by atoms with E-state index in [1.807, 2.05) is 26.0 Å². The second kappa shape index (κ2) is 11.6. The highest BCUT2D eigenvalue weighted by Gasteiger charge is 2.17. The first-order valence-electron chi connectivity index (χ1n) is 11.7. The summed E-state index contributed by atoms with van der Waals surface area (Å²) in [7, 11) is -7.98. The Labute approximate surface area is 227 Å². The van der Waals surface area contributed by atoms with E-state index in [-0.39, 0.29) is 33.5 Å². The minimum Gasteiger partial charge on any atom is -0.382 e. The molecule has 39 heavy (non-hydrogen) atoms. The highest BCUT2D eigenvalue weighted by atomic mass is 32.2. The zero-order valence-corrected chi connectivity index (χ0v) is 22.8. The summed E-state index contributed by atoms with van der Waals surface area (Å²) in [5, 5.41) is 5.17. The van der Waals surface area contributed by atoms with Crippen LogP contribution in [-0.2, 0) is 26.0 Å². The number of nitrogens with one attached hydrogen (secondary N) is 2. The lowest BCUT2D eigenvalue weighted by Crippen LogP contribution is -2.19. The van der Waals surface area contributed by atoms with Crippen LogP contribution in [0.1, 0.15) is 16.7 Å². The van der Waals surface area contributed by atoms with E-state index in [0.717, 1.165) is 11.1 Å². The van der Waals surface area contributed by atoms with Crippen LogP contribution in [0.2, 0.25) is 0 Å². The SMILES string of the molecule is Cc1ccc(CS(=O)(=O)Oc2cccc(NC(=O)Nc3cccc(OS(=O)(=O)c4ccc(C)cc4)c3)c2)cc1. The molecule has 4 aromatic rings. The lowest BCUT2D eigenvalue weighted by atomic mass is 10.2. The van der Waals surface area contributed by atoms with Gasteiger partial charge in [0, 0.05) is 23.5 Å². The highest BCUT2D eigenvalue weighted by molar-refractivity contribution is 7.87. The maximum absolute atomic E-state index is 12.6. The summed E-state index contributed by atoms with van der Waals surface area (Å²) in [4.78, 5) is 12.6. The molecule has 0 aliphatic carbocycles. The van der Waals surface area contributed by atoms with Gasteiger partial charge in [-0.25, -0.2) is 4.79 Å². The van der Waals surface area contributed by atoms with Crippen molar-refractivity contribution in [3.63, 3.8) is 0 Å². The number of rotatable bonds is 9. The summed E-state index contributed by atoms with van der Waals surface area (Å²) in [5.74, 6) is -0.247. The van der Waals surface area contributed by atoms with Crippen LogP contribution in [0.3, 0.4) is 0 Å². The maximum atomic E-state index is 12.6. The van der Waals surface area contributed by atoms with Gasteiger partial charge in [-0.1, -0.05) is 59.7 Å². The molecule has 2 N–H and O–H groups in total. The Morgan fingerprint density at radius 2 is 1.15 bits per heavy atom. The van der Waals surface area contributed by atoms with Crippen LogP contribution >= 0.6 is 0 Å². The van der Waals surface area contributed by atoms with E-state index < -0.39 is 26.3 Å². The average molecular weight is 567 g/mol. The van der Waals surface area contributed by atoms with Gasteiger partial charge in [-0.15, -0.1) is 0 Å². The molecule has 0 atom stereocenters. The molecule has 11 heteroatoms. The van der Waals surface area contributed by atoms with Crippen molar-refractivity contribution in [2.75, 3.05) is 10.6 Å². The maximum Gasteiger partial charge on any atom is 0.339 e. The molecule has 4 aromatic carbocycles. The molecule has 0 heterocycles. The van der Waals surface area contributed by atoms with Crippen molar-refractivity contribution in [2.45, 2.75) is 24.5 Å². The molecule has 0 saturated heterocycles. The second-order valence-corrected chi connectivity index (χ2v) is 11.9. The lowest BCUT2D eigenvalue weighted by Gasteiger charge is -2.12. The summed E-state index contributed by atoms with van der Waals surface area (Å²) in [6, 6.07) is 24.5. The zero-order chi connectivity index (χ0) is 28.0. The molecule has 4 rings (SSSR count). The van der Waals surface area contributed by atoms with Gasteiger partial charge in [0.25, 0.3) is 0 Å². The predicted octanol–water partition coefficient (Wildman–Crippen LogP) is 5.62. The first-order chi connectivity index (χ1) is 18.5. The summed E-state index contributed by atoms with van der Waals surface area (Å²) in [6.45, 7) is 3.75. The fraction of sp³-hybridized carbons (Fsp3) is 0.107. The molecule has 0 aliphatic heterocycles. The molecular weight excluding hydrogens is 540 g/mol. The largest absolute Gasteiger partial charge is 0.382 e. The molecule has 0 radical (unpaired) electrons. The smallest absolute Gasteiger partial charge is 0.339 e. The average Bonchev–Trinajstić information content (AvgIpc) is 2.85. The van der Waals surface area contributed by atoms with Crippen molar-refractivity contribution in [2.24, 2.45) is 0 Å². The second-order valence-electron chi connectivity index (χ2n) is 8.76. The number of carbonyl (C=O) groups is 1. The van der Waals surface area contributed by atoms with Gasteiger partial charge in [-0.3, -0.25) is 0 Å². The first-order valence-corrected chi connectivity index (χ1v) is 14.7. The van der Waals surface area contributed by atoms with E-state index in [0.29, 0.717) is 5.56 Å². The highest BCUT2D eigenvalue weighted by Crippen LogP contribution is 2.24. The van der Waals surface area contributed by atoms with E-state index >= 15 is 0 Å². The van der Waals surface area contributed by atoms with Crippen molar-refractivity contribution in [1.29, 1.82) is 0 Å². The fourth-order valence-electron chi connectivity index (χ4n) is 3.49. The van der Waals surface area contributed by atoms with Crippen molar-refractivity contribution in [1.82, 2.24) is 0 Å². The summed E-state index contributed by atoms with van der Waals surface area (Å²) < 4.78 is 60.5. The zero-order valence-electron chi connectivity index (χ0n) is 21.1. The van der Waals surface area contributed by atoms with Gasteiger partial charge in [-0.05, 0) is 55.8 Å². The Balaban J connectivity index is 1.38. The van der Waals surface area contributed by atoms with Crippen LogP contribution in [0.25, 0.3) is 0 Å². The summed E-state index contributed by atoms with van der Waals surface area (Å²) >= 11 is 0. The number of amides is 2. The first kappa shape index (κ1) is 27.7.